The van der Waals surface area contributed by atoms with E-state index in [9.17, 15) is 42.6 Å². The molecule has 0 saturated carbocycles. The van der Waals surface area contributed by atoms with E-state index in [1.165, 1.54) is 24.1 Å². The highest BCUT2D eigenvalue weighted by atomic mass is 19.4. The predicted octanol–water partition coefficient (Wildman–Crippen LogP) is 3.20. The first-order valence-electron chi connectivity index (χ1n) is 16.2. The number of aromatic amines is 1. The smallest absolute Gasteiger partial charge is 0.490 e. The largest absolute Gasteiger partial charge is 0.506 e. The van der Waals surface area contributed by atoms with Crippen LogP contribution in [0.3, 0.4) is 0 Å². The van der Waals surface area contributed by atoms with Crippen LogP contribution in [0.1, 0.15) is 49.3 Å². The Bertz CT molecular complexity index is 1710. The number of phenols is 1. The molecule has 0 unspecified atom stereocenters. The van der Waals surface area contributed by atoms with Crippen LogP contribution >= 0.6 is 0 Å². The van der Waals surface area contributed by atoms with Crippen LogP contribution in [0.5, 0.6) is 11.5 Å². The van der Waals surface area contributed by atoms with Crippen LogP contribution in [-0.4, -0.2) is 102 Å². The van der Waals surface area contributed by atoms with Gasteiger partial charge < -0.3 is 45.1 Å². The molecule has 3 aromatic rings. The molecule has 1 aliphatic heterocycles. The van der Waals surface area contributed by atoms with Crippen LogP contribution in [0.15, 0.2) is 47.3 Å². The number of halogens is 3. The molecular formula is C34H42F3N5O8. The standard InChI is InChI=1S/C34H42F3N5O8/c1-41(31(47)13-17-42-15-11-22(12-16-42)50-33(48)34(35,36)37)14-3-4-29(45)39-25-8-5-21(18-28(25)49-2)19-38-20-27(44)23-6-9-26(43)32-24(23)7-10-30(46)40-32/h5-10,18,22,27,38,43-44H,3-4,11-17,19-20H2,1-2H3,(H,39,45)(H,40,46)/t27-/m0/s1. The number of ether oxygens (including phenoxy) is 2. The monoisotopic (exact) mass is 705 g/mol. The number of nitrogens with zero attached hydrogens (tertiary/aromatic N) is 2. The second kappa shape index (κ2) is 17.3. The summed E-state index contributed by atoms with van der Waals surface area (Å²) in [4.78, 5) is 54.0. The molecule has 5 N–H and O–H groups in total. The van der Waals surface area contributed by atoms with Gasteiger partial charge in [-0.1, -0.05) is 12.1 Å². The lowest BCUT2D eigenvalue weighted by Gasteiger charge is -2.31. The third kappa shape index (κ3) is 10.7. The van der Waals surface area contributed by atoms with Gasteiger partial charge in [-0.25, -0.2) is 4.79 Å². The number of esters is 1. The number of aliphatic hydroxyl groups is 1. The van der Waals surface area contributed by atoms with Gasteiger partial charge in [-0.15, -0.1) is 0 Å². The summed E-state index contributed by atoms with van der Waals surface area (Å²) in [5.74, 6) is -2.20. The molecule has 0 aliphatic carbocycles. The number of methoxy groups -OCH3 is 1. The number of rotatable bonds is 15. The summed E-state index contributed by atoms with van der Waals surface area (Å²) in [6, 6.07) is 11.2. The molecule has 2 aromatic carbocycles. The number of aromatic hydroxyl groups is 1. The van der Waals surface area contributed by atoms with E-state index in [1.807, 2.05) is 11.0 Å². The normalized spacial score (nSPS) is 14.7. The lowest BCUT2D eigenvalue weighted by molar-refractivity contribution is -0.206. The first kappa shape index (κ1) is 38.1. The predicted molar refractivity (Wildman–Crippen MR) is 178 cm³/mol. The molecule has 1 fully saturated rings. The van der Waals surface area contributed by atoms with Gasteiger partial charge in [0.05, 0.1) is 24.4 Å². The van der Waals surface area contributed by atoms with Crippen molar-refractivity contribution in [3.8, 4) is 11.5 Å². The Labute approximate surface area is 286 Å². The number of carbonyl (C=O) groups is 3. The fraction of sp³-hybridized carbons (Fsp3) is 0.471. The van der Waals surface area contributed by atoms with Crippen LogP contribution in [0.25, 0.3) is 10.9 Å². The number of fused-ring (bicyclic) bond motifs is 1. The van der Waals surface area contributed by atoms with Crippen molar-refractivity contribution < 1.29 is 47.2 Å². The van der Waals surface area contributed by atoms with Gasteiger partial charge >= 0.3 is 12.1 Å². The number of H-pyrrole nitrogens is 1. The molecule has 0 radical (unpaired) electrons. The summed E-state index contributed by atoms with van der Waals surface area (Å²) < 4.78 is 47.2. The summed E-state index contributed by atoms with van der Waals surface area (Å²) in [5.41, 5.74) is 1.75. The van der Waals surface area contributed by atoms with E-state index in [4.69, 9.17) is 4.74 Å². The van der Waals surface area contributed by atoms with Gasteiger partial charge in [0, 0.05) is 70.6 Å². The third-order valence-electron chi connectivity index (χ3n) is 8.48. The molecule has 0 spiro atoms. The molecule has 2 amide bonds. The number of aliphatic hydroxyl groups excluding tert-OH is 1. The lowest BCUT2D eigenvalue weighted by Crippen LogP contribution is -2.41. The van der Waals surface area contributed by atoms with Crippen molar-refractivity contribution >= 4 is 34.4 Å². The Hall–Kier alpha value is -4.67. The number of piperidine rings is 1. The Morgan fingerprint density at radius 1 is 1.10 bits per heavy atom. The molecule has 1 atom stereocenters. The molecule has 4 rings (SSSR count). The van der Waals surface area contributed by atoms with E-state index in [2.05, 4.69) is 20.4 Å². The Morgan fingerprint density at radius 2 is 1.84 bits per heavy atom. The highest BCUT2D eigenvalue weighted by molar-refractivity contribution is 5.92. The van der Waals surface area contributed by atoms with Crippen molar-refractivity contribution in [2.24, 2.45) is 0 Å². The number of likely N-dealkylation sites (tertiary alicyclic amines) is 1. The van der Waals surface area contributed by atoms with Gasteiger partial charge in [-0.05, 0) is 54.7 Å². The molecule has 16 heteroatoms. The number of aromatic nitrogens is 1. The molecular weight excluding hydrogens is 663 g/mol. The number of hydrogen-bond acceptors (Lipinski definition) is 10. The molecule has 272 valence electrons. The highest BCUT2D eigenvalue weighted by Gasteiger charge is 2.42. The van der Waals surface area contributed by atoms with E-state index in [0.29, 0.717) is 61.5 Å². The zero-order chi connectivity index (χ0) is 36.4. The van der Waals surface area contributed by atoms with Gasteiger partial charge in [-0.3, -0.25) is 14.4 Å². The average Bonchev–Trinajstić information content (AvgIpc) is 3.08. The summed E-state index contributed by atoms with van der Waals surface area (Å²) in [5, 5.41) is 27.4. The summed E-state index contributed by atoms with van der Waals surface area (Å²) in [7, 11) is 3.13. The zero-order valence-corrected chi connectivity index (χ0v) is 27.8. The van der Waals surface area contributed by atoms with E-state index in [1.54, 1.807) is 31.3 Å². The summed E-state index contributed by atoms with van der Waals surface area (Å²) in [6.07, 6.45) is -5.41. The highest BCUT2D eigenvalue weighted by Crippen LogP contribution is 2.29. The minimum Gasteiger partial charge on any atom is -0.506 e. The van der Waals surface area contributed by atoms with Gasteiger partial charge in [0.25, 0.3) is 0 Å². The first-order valence-corrected chi connectivity index (χ1v) is 16.2. The second-order valence-electron chi connectivity index (χ2n) is 12.1. The van der Waals surface area contributed by atoms with Crippen LogP contribution in [0.4, 0.5) is 18.9 Å². The van der Waals surface area contributed by atoms with E-state index < -0.39 is 24.4 Å². The number of alkyl halides is 3. The average molecular weight is 706 g/mol. The molecule has 1 aliphatic rings. The molecule has 1 saturated heterocycles. The van der Waals surface area contributed by atoms with Crippen molar-refractivity contribution in [3.63, 3.8) is 0 Å². The fourth-order valence-corrected chi connectivity index (χ4v) is 5.69. The first-order chi connectivity index (χ1) is 23.7. The van der Waals surface area contributed by atoms with E-state index in [-0.39, 0.29) is 60.9 Å². The molecule has 13 nitrogen and oxygen atoms in total. The Balaban J connectivity index is 1.15. The molecule has 2 heterocycles. The van der Waals surface area contributed by atoms with Gasteiger partial charge in [0.1, 0.15) is 17.6 Å². The zero-order valence-electron chi connectivity index (χ0n) is 27.8. The maximum absolute atomic E-state index is 12.7. The molecule has 50 heavy (non-hydrogen) atoms. The second-order valence-corrected chi connectivity index (χ2v) is 12.1. The number of anilines is 1. The van der Waals surface area contributed by atoms with Crippen molar-refractivity contribution in [1.29, 1.82) is 0 Å². The number of nitrogens with one attached hydrogen (secondary N) is 3. The number of benzene rings is 2. The van der Waals surface area contributed by atoms with Crippen LogP contribution < -0.4 is 20.9 Å². The molecule has 1 aromatic heterocycles. The number of amides is 2. The van der Waals surface area contributed by atoms with Gasteiger partial charge in [0.2, 0.25) is 17.4 Å². The van der Waals surface area contributed by atoms with Crippen molar-refractivity contribution in [1.82, 2.24) is 20.1 Å². The number of pyridine rings is 1. The number of phenolic OH excluding ortho intramolecular Hbond substituents is 1. The number of carbonyl (C=O) groups excluding carboxylic acids is 3. The van der Waals surface area contributed by atoms with Crippen molar-refractivity contribution in [2.75, 3.05) is 52.2 Å². The van der Waals surface area contributed by atoms with Crippen molar-refractivity contribution in [2.45, 2.75) is 57.0 Å². The van der Waals surface area contributed by atoms with Crippen molar-refractivity contribution in [3.05, 3.63) is 63.9 Å². The Morgan fingerprint density at radius 3 is 2.54 bits per heavy atom. The lowest BCUT2D eigenvalue weighted by atomic mass is 10.0. The van der Waals surface area contributed by atoms with Gasteiger partial charge in [0.15, 0.2) is 0 Å². The Kier molecular flexibility index (Phi) is 13.2. The topological polar surface area (TPSA) is 174 Å². The summed E-state index contributed by atoms with van der Waals surface area (Å²) in [6.45, 7) is 2.18. The minimum absolute atomic E-state index is 0.0897. The van der Waals surface area contributed by atoms with E-state index >= 15 is 0 Å². The molecule has 0 bridgehead atoms. The van der Waals surface area contributed by atoms with Crippen LogP contribution in [0, 0.1) is 0 Å². The third-order valence-corrected chi connectivity index (χ3v) is 8.48. The quantitative estimate of drug-likeness (QED) is 0.148. The summed E-state index contributed by atoms with van der Waals surface area (Å²) >= 11 is 0. The SMILES string of the molecule is COc1cc(CNC[C@H](O)c2ccc(O)c3[nH]c(=O)ccc23)ccc1NC(=O)CCCN(C)C(=O)CCN1CCC(OC(=O)C(F)(F)F)CC1. The number of hydrogen-bond donors (Lipinski definition) is 5. The van der Waals surface area contributed by atoms with E-state index in [0.717, 1.165) is 5.56 Å². The van der Waals surface area contributed by atoms with Crippen LogP contribution in [0.2, 0.25) is 0 Å². The fourth-order valence-electron chi connectivity index (χ4n) is 5.69. The van der Waals surface area contributed by atoms with Crippen LogP contribution in [-0.2, 0) is 25.7 Å². The minimum atomic E-state index is -5.01. The van der Waals surface area contributed by atoms with Gasteiger partial charge in [-0.2, -0.15) is 13.2 Å². The maximum Gasteiger partial charge on any atom is 0.490 e. The maximum atomic E-state index is 12.7.